The molecule has 1 aromatic rings. The van der Waals surface area contributed by atoms with Crippen molar-refractivity contribution in [2.45, 2.75) is 6.04 Å². The fraction of sp³-hybridized carbons (Fsp3) is 0.250. The van der Waals surface area contributed by atoms with Gasteiger partial charge in [0.2, 0.25) is 0 Å². The molecule has 0 amide bonds. The second-order valence-corrected chi connectivity index (χ2v) is 2.99. The van der Waals surface area contributed by atoms with E-state index in [1.54, 1.807) is 0 Å². The molecule has 14 heavy (non-hydrogen) atoms. The first-order valence-electron chi connectivity index (χ1n) is 3.55. The largest absolute Gasteiger partial charge is 0.506 e. The first-order chi connectivity index (χ1) is 6.06. The Hall–Kier alpha value is -0.580. The maximum Gasteiger partial charge on any atom is 0.139 e. The summed E-state index contributed by atoms with van der Waals surface area (Å²) in [6, 6.07) is 0.852. The SMILES string of the molecule is Cl.N[C@@H](CF)c1cc(F)cc(Cl)c1O. The summed E-state index contributed by atoms with van der Waals surface area (Å²) in [5, 5.41) is 9.11. The van der Waals surface area contributed by atoms with Gasteiger partial charge in [0.05, 0.1) is 11.1 Å². The molecule has 0 aliphatic carbocycles. The quantitative estimate of drug-likeness (QED) is 0.839. The third-order valence-electron chi connectivity index (χ3n) is 1.62. The normalized spacial score (nSPS) is 12.0. The highest BCUT2D eigenvalue weighted by atomic mass is 35.5. The third kappa shape index (κ3) is 2.70. The first kappa shape index (κ1) is 13.4. The number of alkyl halides is 1. The molecular formula is C8H9Cl2F2NO. The number of hydrogen-bond donors (Lipinski definition) is 2. The molecule has 2 nitrogen and oxygen atoms in total. The van der Waals surface area contributed by atoms with Crippen molar-refractivity contribution in [1.29, 1.82) is 0 Å². The van der Waals surface area contributed by atoms with Gasteiger partial charge in [0, 0.05) is 5.56 Å². The number of halogens is 4. The molecule has 0 aliphatic heterocycles. The Labute approximate surface area is 91.1 Å². The zero-order valence-electron chi connectivity index (χ0n) is 7.01. The minimum absolute atomic E-state index is 0. The van der Waals surface area contributed by atoms with Gasteiger partial charge >= 0.3 is 0 Å². The first-order valence-corrected chi connectivity index (χ1v) is 3.93. The Bertz CT molecular complexity index is 322. The summed E-state index contributed by atoms with van der Waals surface area (Å²) < 4.78 is 24.8. The van der Waals surface area contributed by atoms with Crippen LogP contribution in [-0.4, -0.2) is 11.8 Å². The summed E-state index contributed by atoms with van der Waals surface area (Å²) in [5.74, 6) is -1.02. The summed E-state index contributed by atoms with van der Waals surface area (Å²) in [7, 11) is 0. The molecule has 0 unspecified atom stereocenters. The molecule has 0 radical (unpaired) electrons. The highest BCUT2D eigenvalue weighted by molar-refractivity contribution is 6.32. The van der Waals surface area contributed by atoms with Crippen LogP contribution in [0.15, 0.2) is 12.1 Å². The van der Waals surface area contributed by atoms with E-state index in [0.29, 0.717) is 0 Å². The van der Waals surface area contributed by atoms with Crippen LogP contribution in [0.3, 0.4) is 0 Å². The molecule has 3 N–H and O–H groups in total. The van der Waals surface area contributed by atoms with Crippen LogP contribution in [0.1, 0.15) is 11.6 Å². The van der Waals surface area contributed by atoms with Gasteiger partial charge in [-0.15, -0.1) is 12.4 Å². The van der Waals surface area contributed by atoms with Crippen LogP contribution in [0, 0.1) is 5.82 Å². The van der Waals surface area contributed by atoms with Crippen molar-refractivity contribution in [1.82, 2.24) is 0 Å². The van der Waals surface area contributed by atoms with E-state index in [4.69, 9.17) is 17.3 Å². The van der Waals surface area contributed by atoms with Gasteiger partial charge in [0.25, 0.3) is 0 Å². The number of benzene rings is 1. The second-order valence-electron chi connectivity index (χ2n) is 2.59. The molecule has 0 saturated carbocycles. The highest BCUT2D eigenvalue weighted by Gasteiger charge is 2.14. The van der Waals surface area contributed by atoms with Gasteiger partial charge in [-0.3, -0.25) is 0 Å². The third-order valence-corrected chi connectivity index (χ3v) is 1.91. The van der Waals surface area contributed by atoms with Crippen LogP contribution in [0.4, 0.5) is 8.78 Å². The lowest BCUT2D eigenvalue weighted by atomic mass is 10.1. The van der Waals surface area contributed by atoms with E-state index >= 15 is 0 Å². The van der Waals surface area contributed by atoms with E-state index in [9.17, 15) is 13.9 Å². The Balaban J connectivity index is 0.00000169. The summed E-state index contributed by atoms with van der Waals surface area (Å²) in [6.45, 7) is -0.882. The smallest absolute Gasteiger partial charge is 0.139 e. The molecule has 0 aliphatic rings. The number of aromatic hydroxyl groups is 1. The van der Waals surface area contributed by atoms with Crippen LogP contribution in [0.2, 0.25) is 5.02 Å². The van der Waals surface area contributed by atoms with Crippen LogP contribution in [0.25, 0.3) is 0 Å². The molecule has 0 spiro atoms. The van der Waals surface area contributed by atoms with Crippen molar-refractivity contribution in [2.75, 3.05) is 6.67 Å². The maximum absolute atomic E-state index is 12.7. The fourth-order valence-corrected chi connectivity index (χ4v) is 1.16. The van der Waals surface area contributed by atoms with Crippen molar-refractivity contribution in [2.24, 2.45) is 5.73 Å². The predicted octanol–water partition coefficient (Wildman–Crippen LogP) is 2.58. The van der Waals surface area contributed by atoms with Gasteiger partial charge < -0.3 is 10.8 Å². The van der Waals surface area contributed by atoms with Crippen molar-refractivity contribution >= 4 is 24.0 Å². The lowest BCUT2D eigenvalue weighted by molar-refractivity contribution is 0.412. The van der Waals surface area contributed by atoms with Crippen LogP contribution in [-0.2, 0) is 0 Å². The van der Waals surface area contributed by atoms with Gasteiger partial charge in [0.1, 0.15) is 18.2 Å². The number of nitrogens with two attached hydrogens (primary N) is 1. The minimum atomic E-state index is -1.05. The Morgan fingerprint density at radius 1 is 1.50 bits per heavy atom. The Morgan fingerprint density at radius 3 is 2.57 bits per heavy atom. The lowest BCUT2D eigenvalue weighted by Gasteiger charge is -2.10. The van der Waals surface area contributed by atoms with Gasteiger partial charge in [0.15, 0.2) is 0 Å². The topological polar surface area (TPSA) is 46.2 Å². The van der Waals surface area contributed by atoms with E-state index in [-0.39, 0.29) is 28.7 Å². The van der Waals surface area contributed by atoms with E-state index in [2.05, 4.69) is 0 Å². The molecule has 1 atom stereocenters. The summed E-state index contributed by atoms with van der Waals surface area (Å²) in [4.78, 5) is 0. The number of hydrogen-bond acceptors (Lipinski definition) is 2. The molecule has 0 saturated heterocycles. The molecule has 1 aromatic carbocycles. The maximum atomic E-state index is 12.7. The molecule has 0 bridgehead atoms. The van der Waals surface area contributed by atoms with E-state index in [1.807, 2.05) is 0 Å². The molecule has 0 heterocycles. The minimum Gasteiger partial charge on any atom is -0.506 e. The molecule has 0 fully saturated rings. The van der Waals surface area contributed by atoms with Crippen molar-refractivity contribution in [3.8, 4) is 5.75 Å². The monoisotopic (exact) mass is 243 g/mol. The average Bonchev–Trinajstić information content (AvgIpc) is 2.10. The standard InChI is InChI=1S/C8H8ClF2NO.ClH/c9-6-2-4(11)1-5(8(6)13)7(12)3-10;/h1-2,7,13H,3,12H2;1H/t7-;/m0./s1. The van der Waals surface area contributed by atoms with Crippen molar-refractivity contribution in [3.63, 3.8) is 0 Å². The molecule has 80 valence electrons. The summed E-state index contributed by atoms with van der Waals surface area (Å²) in [6.07, 6.45) is 0. The Kier molecular flexibility index (Phi) is 5.12. The number of rotatable bonds is 2. The summed E-state index contributed by atoms with van der Waals surface area (Å²) >= 11 is 5.45. The molecular weight excluding hydrogens is 235 g/mol. The van der Waals surface area contributed by atoms with E-state index in [1.165, 1.54) is 0 Å². The summed E-state index contributed by atoms with van der Waals surface area (Å²) in [5.41, 5.74) is 5.25. The predicted molar refractivity (Wildman–Crippen MR) is 53.2 cm³/mol. The van der Waals surface area contributed by atoms with Gasteiger partial charge in [-0.25, -0.2) is 8.78 Å². The van der Waals surface area contributed by atoms with Gasteiger partial charge in [-0.05, 0) is 12.1 Å². The van der Waals surface area contributed by atoms with Crippen LogP contribution >= 0.6 is 24.0 Å². The van der Waals surface area contributed by atoms with Crippen molar-refractivity contribution < 1.29 is 13.9 Å². The zero-order valence-corrected chi connectivity index (χ0v) is 8.58. The highest BCUT2D eigenvalue weighted by Crippen LogP contribution is 2.31. The van der Waals surface area contributed by atoms with E-state index < -0.39 is 18.5 Å². The Morgan fingerprint density at radius 2 is 2.07 bits per heavy atom. The molecule has 6 heteroatoms. The molecule has 0 aromatic heterocycles. The van der Waals surface area contributed by atoms with Gasteiger partial charge in [-0.2, -0.15) is 0 Å². The molecule has 1 rings (SSSR count). The van der Waals surface area contributed by atoms with Crippen molar-refractivity contribution in [3.05, 3.63) is 28.5 Å². The van der Waals surface area contributed by atoms with Crippen LogP contribution in [0.5, 0.6) is 5.75 Å². The van der Waals surface area contributed by atoms with Crippen LogP contribution < -0.4 is 5.73 Å². The number of phenols is 1. The fourth-order valence-electron chi connectivity index (χ4n) is 0.952. The lowest BCUT2D eigenvalue weighted by Crippen LogP contribution is -2.12. The van der Waals surface area contributed by atoms with E-state index in [0.717, 1.165) is 12.1 Å². The zero-order chi connectivity index (χ0) is 10.0. The van der Waals surface area contributed by atoms with Gasteiger partial charge in [-0.1, -0.05) is 11.6 Å². The average molecular weight is 244 g/mol. The second kappa shape index (κ2) is 5.34. The number of phenolic OH excluding ortho intramolecular Hbond substituents is 1.